The number of hydrogen-bond donors (Lipinski definition) is 1. The third kappa shape index (κ3) is 2.94. The van der Waals surface area contributed by atoms with Crippen LogP contribution in [0.3, 0.4) is 0 Å². The van der Waals surface area contributed by atoms with Crippen LogP contribution in [0.25, 0.3) is 0 Å². The molecule has 94 valence electrons. The zero-order chi connectivity index (χ0) is 13.0. The van der Waals surface area contributed by atoms with Gasteiger partial charge in [-0.1, -0.05) is 0 Å². The minimum atomic E-state index is -0.549. The molecule has 0 spiro atoms. The highest BCUT2D eigenvalue weighted by atomic mass is 19.1. The summed E-state index contributed by atoms with van der Waals surface area (Å²) in [5.74, 6) is -0.687. The number of carbonyl (C=O) groups is 1. The van der Waals surface area contributed by atoms with Gasteiger partial charge in [-0.2, -0.15) is 0 Å². The summed E-state index contributed by atoms with van der Waals surface area (Å²) >= 11 is 0. The van der Waals surface area contributed by atoms with Crippen LogP contribution in [0.4, 0.5) is 4.39 Å². The van der Waals surface area contributed by atoms with Gasteiger partial charge in [0.15, 0.2) is 11.6 Å². The van der Waals surface area contributed by atoms with Crippen LogP contribution in [0.15, 0.2) is 18.2 Å². The third-order valence-corrected chi connectivity index (χ3v) is 2.72. The molecule has 0 bridgehead atoms. The van der Waals surface area contributed by atoms with Gasteiger partial charge in [-0.3, -0.25) is 4.79 Å². The van der Waals surface area contributed by atoms with Crippen LogP contribution in [0.1, 0.15) is 17.3 Å². The fraction of sp³-hybridized carbons (Fsp3) is 0.417. The van der Waals surface area contributed by atoms with Gasteiger partial charge < -0.3 is 15.4 Å². The Bertz CT molecular complexity index is 409. The van der Waals surface area contributed by atoms with Crippen molar-refractivity contribution in [3.8, 4) is 5.75 Å². The maximum absolute atomic E-state index is 13.4. The number of likely N-dealkylation sites (N-methyl/N-ethyl adjacent to an activating group) is 1. The average molecular weight is 240 g/mol. The van der Waals surface area contributed by atoms with Crippen molar-refractivity contribution < 1.29 is 13.9 Å². The van der Waals surface area contributed by atoms with Crippen molar-refractivity contribution in [2.24, 2.45) is 5.73 Å². The van der Waals surface area contributed by atoms with Crippen molar-refractivity contribution in [3.05, 3.63) is 29.6 Å². The number of benzene rings is 1. The van der Waals surface area contributed by atoms with Gasteiger partial charge in [0.05, 0.1) is 7.11 Å². The first-order valence-corrected chi connectivity index (χ1v) is 5.32. The smallest absolute Gasteiger partial charge is 0.253 e. The Morgan fingerprint density at radius 1 is 1.59 bits per heavy atom. The molecule has 1 amide bonds. The van der Waals surface area contributed by atoms with Gasteiger partial charge in [0, 0.05) is 25.2 Å². The average Bonchev–Trinajstić information content (AvgIpc) is 2.35. The Morgan fingerprint density at radius 2 is 2.24 bits per heavy atom. The topological polar surface area (TPSA) is 55.6 Å². The van der Waals surface area contributed by atoms with Gasteiger partial charge in [0.25, 0.3) is 5.91 Å². The maximum Gasteiger partial charge on any atom is 0.253 e. The van der Waals surface area contributed by atoms with Crippen molar-refractivity contribution in [2.45, 2.75) is 13.0 Å². The second-order valence-electron chi connectivity index (χ2n) is 3.85. The molecule has 1 aromatic rings. The number of methoxy groups -OCH3 is 1. The van der Waals surface area contributed by atoms with E-state index in [1.165, 1.54) is 30.2 Å². The lowest BCUT2D eigenvalue weighted by Crippen LogP contribution is -2.39. The summed E-state index contributed by atoms with van der Waals surface area (Å²) in [6.07, 6.45) is 0. The molecular weight excluding hydrogens is 223 g/mol. The predicted octanol–water partition coefficient (Wildman–Crippen LogP) is 1.25. The zero-order valence-corrected chi connectivity index (χ0v) is 10.2. The van der Waals surface area contributed by atoms with Crippen LogP contribution < -0.4 is 10.5 Å². The summed E-state index contributed by atoms with van der Waals surface area (Å²) in [4.78, 5) is 13.4. The zero-order valence-electron chi connectivity index (χ0n) is 10.2. The lowest BCUT2D eigenvalue weighted by atomic mass is 10.1. The van der Waals surface area contributed by atoms with Crippen molar-refractivity contribution in [2.75, 3.05) is 20.7 Å². The molecule has 0 heterocycles. The molecule has 2 N–H and O–H groups in total. The van der Waals surface area contributed by atoms with Crippen LogP contribution in [0.2, 0.25) is 0 Å². The molecule has 5 heteroatoms. The highest BCUT2D eigenvalue weighted by molar-refractivity contribution is 5.94. The van der Waals surface area contributed by atoms with Crippen LogP contribution in [0, 0.1) is 5.82 Å². The normalized spacial score (nSPS) is 12.1. The monoisotopic (exact) mass is 240 g/mol. The lowest BCUT2D eigenvalue weighted by molar-refractivity contribution is 0.0748. The molecule has 0 radical (unpaired) electrons. The Kier molecular flexibility index (Phi) is 4.45. The van der Waals surface area contributed by atoms with E-state index in [1.54, 1.807) is 7.05 Å². The van der Waals surface area contributed by atoms with Gasteiger partial charge >= 0.3 is 0 Å². The number of carbonyl (C=O) groups excluding carboxylic acids is 1. The first-order valence-electron chi connectivity index (χ1n) is 5.32. The Labute approximate surface area is 100 Å². The van der Waals surface area contributed by atoms with E-state index in [0.29, 0.717) is 6.54 Å². The molecule has 0 fully saturated rings. The Balaban J connectivity index is 2.93. The predicted molar refractivity (Wildman–Crippen MR) is 63.6 cm³/mol. The molecule has 4 nitrogen and oxygen atoms in total. The molecule has 0 saturated heterocycles. The van der Waals surface area contributed by atoms with Crippen LogP contribution in [-0.2, 0) is 0 Å². The summed E-state index contributed by atoms with van der Waals surface area (Å²) in [5, 5.41) is 0. The summed E-state index contributed by atoms with van der Waals surface area (Å²) in [7, 11) is 3.02. The number of halogens is 1. The summed E-state index contributed by atoms with van der Waals surface area (Å²) in [6.45, 7) is 2.19. The second-order valence-corrected chi connectivity index (χ2v) is 3.85. The van der Waals surface area contributed by atoms with E-state index in [2.05, 4.69) is 0 Å². The van der Waals surface area contributed by atoms with E-state index in [1.807, 2.05) is 6.92 Å². The van der Waals surface area contributed by atoms with E-state index in [9.17, 15) is 9.18 Å². The van der Waals surface area contributed by atoms with E-state index in [0.717, 1.165) is 0 Å². The second kappa shape index (κ2) is 5.63. The van der Waals surface area contributed by atoms with Crippen LogP contribution in [0.5, 0.6) is 5.75 Å². The van der Waals surface area contributed by atoms with E-state index in [4.69, 9.17) is 10.5 Å². The fourth-order valence-corrected chi connectivity index (χ4v) is 1.36. The summed E-state index contributed by atoms with van der Waals surface area (Å²) in [5.41, 5.74) is 5.76. The van der Waals surface area contributed by atoms with Crippen molar-refractivity contribution in [3.63, 3.8) is 0 Å². The van der Waals surface area contributed by atoms with Gasteiger partial charge in [0.1, 0.15) is 0 Å². The molecule has 1 atom stereocenters. The van der Waals surface area contributed by atoms with Crippen molar-refractivity contribution in [1.82, 2.24) is 4.90 Å². The summed E-state index contributed by atoms with van der Waals surface area (Å²) < 4.78 is 18.2. The van der Waals surface area contributed by atoms with Crippen LogP contribution in [-0.4, -0.2) is 37.6 Å². The number of amides is 1. The largest absolute Gasteiger partial charge is 0.494 e. The van der Waals surface area contributed by atoms with Crippen LogP contribution >= 0.6 is 0 Å². The molecule has 0 aliphatic heterocycles. The SMILES string of the molecule is COc1ccc(C(=O)N(C)C(C)CN)cc1F. The molecule has 0 saturated carbocycles. The quantitative estimate of drug-likeness (QED) is 0.861. The molecule has 17 heavy (non-hydrogen) atoms. The number of hydrogen-bond acceptors (Lipinski definition) is 3. The Hall–Kier alpha value is -1.62. The minimum absolute atomic E-state index is 0.0901. The third-order valence-electron chi connectivity index (χ3n) is 2.72. The van der Waals surface area contributed by atoms with Gasteiger partial charge in [0.2, 0.25) is 0 Å². The molecule has 1 unspecified atom stereocenters. The molecule has 1 aromatic carbocycles. The maximum atomic E-state index is 13.4. The first kappa shape index (κ1) is 13.4. The van der Waals surface area contributed by atoms with E-state index in [-0.39, 0.29) is 23.3 Å². The standard InChI is InChI=1S/C12H17FN2O2/c1-8(7-14)15(2)12(16)9-4-5-11(17-3)10(13)6-9/h4-6,8H,7,14H2,1-3H3. The molecule has 1 rings (SSSR count). The van der Waals surface area contributed by atoms with Gasteiger partial charge in [-0.15, -0.1) is 0 Å². The molecule has 0 aromatic heterocycles. The van der Waals surface area contributed by atoms with Crippen molar-refractivity contribution in [1.29, 1.82) is 0 Å². The molecule has 0 aliphatic rings. The van der Waals surface area contributed by atoms with Gasteiger partial charge in [-0.05, 0) is 25.1 Å². The van der Waals surface area contributed by atoms with E-state index >= 15 is 0 Å². The van der Waals surface area contributed by atoms with Gasteiger partial charge in [-0.25, -0.2) is 4.39 Å². The number of nitrogens with two attached hydrogens (primary N) is 1. The number of nitrogens with zero attached hydrogens (tertiary/aromatic N) is 1. The first-order chi connectivity index (χ1) is 8.01. The highest BCUT2D eigenvalue weighted by Gasteiger charge is 2.17. The number of ether oxygens (including phenoxy) is 1. The minimum Gasteiger partial charge on any atom is -0.494 e. The van der Waals surface area contributed by atoms with E-state index < -0.39 is 5.82 Å². The Morgan fingerprint density at radius 3 is 2.71 bits per heavy atom. The van der Waals surface area contributed by atoms with Crippen molar-refractivity contribution >= 4 is 5.91 Å². The summed E-state index contributed by atoms with van der Waals surface area (Å²) in [6, 6.07) is 4.04. The highest BCUT2D eigenvalue weighted by Crippen LogP contribution is 2.18. The molecular formula is C12H17FN2O2. The fourth-order valence-electron chi connectivity index (χ4n) is 1.36. The lowest BCUT2D eigenvalue weighted by Gasteiger charge is -2.23. The number of rotatable bonds is 4. The molecule has 0 aliphatic carbocycles.